The van der Waals surface area contributed by atoms with Crippen molar-refractivity contribution < 1.29 is 4.42 Å². The summed E-state index contributed by atoms with van der Waals surface area (Å²) in [6.07, 6.45) is 7.83. The monoisotopic (exact) mass is 206 g/mol. The third kappa shape index (κ3) is 2.66. The Kier molecular flexibility index (Phi) is 3.14. The number of hydrogen-bond donors (Lipinski definition) is 1. The number of hydrogen-bond acceptors (Lipinski definition) is 4. The molecule has 0 radical (unpaired) electrons. The van der Waals surface area contributed by atoms with Crippen LogP contribution in [0.5, 0.6) is 0 Å². The van der Waals surface area contributed by atoms with Gasteiger partial charge in [0.15, 0.2) is 6.39 Å². The van der Waals surface area contributed by atoms with Gasteiger partial charge in [-0.25, -0.2) is 9.97 Å². The van der Waals surface area contributed by atoms with E-state index in [0.717, 1.165) is 24.6 Å². The first kappa shape index (κ1) is 9.92. The van der Waals surface area contributed by atoms with Crippen LogP contribution in [-0.4, -0.2) is 21.1 Å². The van der Waals surface area contributed by atoms with Crippen molar-refractivity contribution in [2.24, 2.45) is 7.05 Å². The number of aromatic nitrogens is 3. The fourth-order valence-corrected chi connectivity index (χ4v) is 1.38. The summed E-state index contributed by atoms with van der Waals surface area (Å²) in [5.41, 5.74) is 0. The van der Waals surface area contributed by atoms with E-state index in [2.05, 4.69) is 15.3 Å². The lowest BCUT2D eigenvalue weighted by Crippen LogP contribution is -2.17. The summed E-state index contributed by atoms with van der Waals surface area (Å²) in [5, 5.41) is 3.27. The molecule has 1 N–H and O–H groups in total. The van der Waals surface area contributed by atoms with E-state index in [-0.39, 0.29) is 0 Å². The van der Waals surface area contributed by atoms with Crippen LogP contribution in [0.1, 0.15) is 11.6 Å². The molecule has 0 bridgehead atoms. The molecule has 0 fully saturated rings. The SMILES string of the molecule is Cn1ccnc1CCNCc1cnco1. The molecule has 0 aliphatic heterocycles. The normalized spacial score (nSPS) is 10.7. The van der Waals surface area contributed by atoms with Crippen molar-refractivity contribution in [2.75, 3.05) is 6.54 Å². The molecule has 0 aliphatic rings. The van der Waals surface area contributed by atoms with Crippen molar-refractivity contribution in [3.8, 4) is 0 Å². The zero-order valence-corrected chi connectivity index (χ0v) is 8.68. The summed E-state index contributed by atoms with van der Waals surface area (Å²) >= 11 is 0. The molecule has 15 heavy (non-hydrogen) atoms. The van der Waals surface area contributed by atoms with Crippen LogP contribution in [0.2, 0.25) is 0 Å². The summed E-state index contributed by atoms with van der Waals surface area (Å²) in [6, 6.07) is 0. The minimum Gasteiger partial charge on any atom is -0.447 e. The van der Waals surface area contributed by atoms with E-state index < -0.39 is 0 Å². The van der Waals surface area contributed by atoms with Crippen molar-refractivity contribution in [1.82, 2.24) is 19.9 Å². The Hall–Kier alpha value is -1.62. The van der Waals surface area contributed by atoms with Gasteiger partial charge in [0.2, 0.25) is 0 Å². The van der Waals surface area contributed by atoms with Gasteiger partial charge >= 0.3 is 0 Å². The molecule has 2 heterocycles. The lowest BCUT2D eigenvalue weighted by atomic mass is 10.4. The summed E-state index contributed by atoms with van der Waals surface area (Å²) in [7, 11) is 2.00. The van der Waals surface area contributed by atoms with Crippen LogP contribution in [0, 0.1) is 0 Å². The lowest BCUT2D eigenvalue weighted by molar-refractivity contribution is 0.478. The fourth-order valence-electron chi connectivity index (χ4n) is 1.38. The van der Waals surface area contributed by atoms with Crippen LogP contribution in [0.4, 0.5) is 0 Å². The van der Waals surface area contributed by atoms with Gasteiger partial charge in [0.1, 0.15) is 11.6 Å². The minimum atomic E-state index is 0.713. The van der Waals surface area contributed by atoms with Gasteiger partial charge in [-0.05, 0) is 0 Å². The average Bonchev–Trinajstić information content (AvgIpc) is 2.85. The molecule has 0 aliphatic carbocycles. The number of oxazole rings is 1. The van der Waals surface area contributed by atoms with Gasteiger partial charge in [-0.1, -0.05) is 0 Å². The molecule has 5 nitrogen and oxygen atoms in total. The zero-order valence-electron chi connectivity index (χ0n) is 8.68. The first-order valence-electron chi connectivity index (χ1n) is 4.90. The van der Waals surface area contributed by atoms with Crippen LogP contribution in [-0.2, 0) is 20.0 Å². The Labute approximate surface area is 88.2 Å². The topological polar surface area (TPSA) is 55.9 Å². The van der Waals surface area contributed by atoms with Gasteiger partial charge in [-0.15, -0.1) is 0 Å². The third-order valence-corrected chi connectivity index (χ3v) is 2.23. The Morgan fingerprint density at radius 1 is 1.53 bits per heavy atom. The quantitative estimate of drug-likeness (QED) is 0.733. The van der Waals surface area contributed by atoms with E-state index in [1.165, 1.54) is 6.39 Å². The van der Waals surface area contributed by atoms with E-state index in [0.29, 0.717) is 6.54 Å². The molecule has 2 rings (SSSR count). The first-order valence-corrected chi connectivity index (χ1v) is 4.90. The summed E-state index contributed by atoms with van der Waals surface area (Å²) in [4.78, 5) is 8.08. The maximum atomic E-state index is 5.10. The van der Waals surface area contributed by atoms with E-state index >= 15 is 0 Å². The summed E-state index contributed by atoms with van der Waals surface area (Å²) in [6.45, 7) is 1.59. The van der Waals surface area contributed by atoms with Crippen molar-refractivity contribution in [3.05, 3.63) is 36.6 Å². The summed E-state index contributed by atoms with van der Waals surface area (Å²) in [5.74, 6) is 1.94. The lowest BCUT2D eigenvalue weighted by Gasteiger charge is -2.02. The van der Waals surface area contributed by atoms with Crippen molar-refractivity contribution in [1.29, 1.82) is 0 Å². The highest BCUT2D eigenvalue weighted by molar-refractivity contribution is 4.92. The number of nitrogens with zero attached hydrogens (tertiary/aromatic N) is 3. The maximum Gasteiger partial charge on any atom is 0.180 e. The molecule has 0 saturated carbocycles. The maximum absolute atomic E-state index is 5.10. The molecule has 80 valence electrons. The second kappa shape index (κ2) is 4.75. The highest BCUT2D eigenvalue weighted by atomic mass is 16.3. The molecular formula is C10H14N4O. The van der Waals surface area contributed by atoms with Crippen LogP contribution >= 0.6 is 0 Å². The molecule has 0 atom stereocenters. The Balaban J connectivity index is 1.70. The molecule has 0 amide bonds. The Bertz CT molecular complexity index is 393. The second-order valence-corrected chi connectivity index (χ2v) is 3.35. The van der Waals surface area contributed by atoms with Gasteiger partial charge in [0.25, 0.3) is 0 Å². The molecule has 2 aromatic rings. The number of nitrogens with one attached hydrogen (secondary N) is 1. The van der Waals surface area contributed by atoms with Crippen molar-refractivity contribution >= 4 is 0 Å². The molecule has 0 saturated heterocycles. The van der Waals surface area contributed by atoms with Crippen molar-refractivity contribution in [2.45, 2.75) is 13.0 Å². The Morgan fingerprint density at radius 3 is 3.13 bits per heavy atom. The van der Waals surface area contributed by atoms with E-state index in [1.54, 1.807) is 6.20 Å². The zero-order chi connectivity index (χ0) is 10.5. The predicted octanol–water partition coefficient (Wildman–Crippen LogP) is 0.740. The molecule has 0 unspecified atom stereocenters. The van der Waals surface area contributed by atoms with Gasteiger partial charge in [-0.3, -0.25) is 0 Å². The van der Waals surface area contributed by atoms with Gasteiger partial charge < -0.3 is 14.3 Å². The molecule has 0 spiro atoms. The second-order valence-electron chi connectivity index (χ2n) is 3.35. The van der Waals surface area contributed by atoms with Gasteiger partial charge in [-0.2, -0.15) is 0 Å². The number of aryl methyl sites for hydroxylation is 1. The molecule has 0 aromatic carbocycles. The largest absolute Gasteiger partial charge is 0.447 e. The minimum absolute atomic E-state index is 0.713. The number of rotatable bonds is 5. The standard InChI is InChI=1S/C10H14N4O/c1-14-5-4-13-10(14)2-3-11-6-9-7-12-8-15-9/h4-5,7-8,11H,2-3,6H2,1H3. The molecule has 5 heteroatoms. The van der Waals surface area contributed by atoms with Crippen molar-refractivity contribution in [3.63, 3.8) is 0 Å². The van der Waals surface area contributed by atoms with Crippen LogP contribution in [0.25, 0.3) is 0 Å². The van der Waals surface area contributed by atoms with E-state index in [9.17, 15) is 0 Å². The Morgan fingerprint density at radius 2 is 2.47 bits per heavy atom. The van der Waals surface area contributed by atoms with Crippen LogP contribution in [0.15, 0.2) is 29.4 Å². The predicted molar refractivity (Wildman–Crippen MR) is 55.1 cm³/mol. The first-order chi connectivity index (χ1) is 7.36. The molecular weight excluding hydrogens is 192 g/mol. The van der Waals surface area contributed by atoms with Gasteiger partial charge in [0.05, 0.1) is 12.7 Å². The van der Waals surface area contributed by atoms with E-state index in [4.69, 9.17) is 4.42 Å². The van der Waals surface area contributed by atoms with Gasteiger partial charge in [0, 0.05) is 32.4 Å². The highest BCUT2D eigenvalue weighted by Crippen LogP contribution is 1.96. The van der Waals surface area contributed by atoms with Crippen LogP contribution < -0.4 is 5.32 Å². The van der Waals surface area contributed by atoms with Crippen LogP contribution in [0.3, 0.4) is 0 Å². The highest BCUT2D eigenvalue weighted by Gasteiger charge is 1.99. The van der Waals surface area contributed by atoms with E-state index in [1.807, 2.05) is 24.0 Å². The number of imidazole rings is 1. The third-order valence-electron chi connectivity index (χ3n) is 2.23. The summed E-state index contributed by atoms with van der Waals surface area (Å²) < 4.78 is 7.12. The average molecular weight is 206 g/mol. The smallest absolute Gasteiger partial charge is 0.180 e. The fraction of sp³-hybridized carbons (Fsp3) is 0.400. The molecule has 2 aromatic heterocycles.